The van der Waals surface area contributed by atoms with Crippen molar-refractivity contribution in [3.63, 3.8) is 0 Å². The molecule has 8 N–H and O–H groups in total. The Bertz CT molecular complexity index is 730. The summed E-state index contributed by atoms with van der Waals surface area (Å²) in [6.07, 6.45) is 0.497. The van der Waals surface area contributed by atoms with E-state index in [-0.39, 0.29) is 5.91 Å². The van der Waals surface area contributed by atoms with Crippen molar-refractivity contribution in [2.24, 2.45) is 0 Å². The normalized spacial score (nSPS) is 11.6. The van der Waals surface area contributed by atoms with E-state index in [1.165, 1.54) is 0 Å². The van der Waals surface area contributed by atoms with Gasteiger partial charge in [-0.05, 0) is 52.7 Å². The first-order valence-corrected chi connectivity index (χ1v) is 13.3. The highest BCUT2D eigenvalue weighted by molar-refractivity contribution is 7.45. The number of benzene rings is 1. The summed E-state index contributed by atoms with van der Waals surface area (Å²) in [6, 6.07) is 7.14. The van der Waals surface area contributed by atoms with Gasteiger partial charge in [-0.2, -0.15) is 0 Å². The average Bonchev–Trinajstić information content (AvgIpc) is 2.57. The molecule has 33 heavy (non-hydrogen) atoms. The number of carbonyl (C=O) groups is 1. The minimum absolute atomic E-state index is 0.0690. The van der Waals surface area contributed by atoms with Crippen LogP contribution in [-0.4, -0.2) is 71.9 Å². The molecule has 1 rings (SSSR count). The van der Waals surface area contributed by atoms with Crippen LogP contribution in [0.4, 0.5) is 5.69 Å². The minimum Gasteiger partial charge on any atom is -0.326 e. The Morgan fingerprint density at radius 2 is 1.27 bits per heavy atom. The molecule has 0 aliphatic heterocycles. The van der Waals surface area contributed by atoms with E-state index in [2.05, 4.69) is 43.2 Å². The van der Waals surface area contributed by atoms with E-state index in [1.807, 2.05) is 32.0 Å². The first-order valence-electron chi connectivity index (χ1n) is 10.2. The van der Waals surface area contributed by atoms with Gasteiger partial charge < -0.3 is 40.0 Å². The molecule has 0 atom stereocenters. The highest BCUT2D eigenvalue weighted by atomic mass is 31.2. The molecule has 0 heterocycles. The van der Waals surface area contributed by atoms with Gasteiger partial charge in [0.25, 0.3) is 0 Å². The van der Waals surface area contributed by atoms with Gasteiger partial charge in [0.1, 0.15) is 0 Å². The van der Waals surface area contributed by atoms with E-state index < -0.39 is 15.6 Å². The van der Waals surface area contributed by atoms with Crippen molar-refractivity contribution in [2.45, 2.75) is 60.0 Å². The van der Waals surface area contributed by atoms with Crippen molar-refractivity contribution in [1.29, 1.82) is 0 Å². The molecule has 0 spiro atoms. The molecule has 0 radical (unpaired) electrons. The van der Waals surface area contributed by atoms with E-state index >= 15 is 0 Å². The third-order valence-corrected chi connectivity index (χ3v) is 4.15. The largest absolute Gasteiger partial charge is 0.466 e. The van der Waals surface area contributed by atoms with E-state index in [0.717, 1.165) is 29.9 Å². The Kier molecular flexibility index (Phi) is 17.0. The van der Waals surface area contributed by atoms with Crippen molar-refractivity contribution >= 4 is 27.2 Å². The number of phosphoric acid groups is 2. The first kappa shape index (κ1) is 34.0. The van der Waals surface area contributed by atoms with Crippen LogP contribution >= 0.6 is 15.6 Å². The number of aryl methyl sites for hydroxylation is 2. The summed E-state index contributed by atoms with van der Waals surface area (Å²) in [6.45, 7) is 15.5. The van der Waals surface area contributed by atoms with E-state index in [1.54, 1.807) is 0 Å². The second-order valence-electron chi connectivity index (χ2n) is 7.77. The Balaban J connectivity index is 0. The van der Waals surface area contributed by atoms with Gasteiger partial charge >= 0.3 is 15.6 Å². The quantitative estimate of drug-likeness (QED) is 0.175. The molecule has 0 bridgehead atoms. The van der Waals surface area contributed by atoms with Crippen molar-refractivity contribution in [2.75, 3.05) is 25.0 Å². The Morgan fingerprint density at radius 3 is 1.64 bits per heavy atom. The van der Waals surface area contributed by atoms with Crippen LogP contribution < -0.4 is 10.6 Å². The lowest BCUT2D eigenvalue weighted by atomic mass is 10.1. The highest BCUT2D eigenvalue weighted by Gasteiger charge is 2.12. The molecule has 1 aromatic carbocycles. The Morgan fingerprint density at radius 1 is 0.879 bits per heavy atom. The molecular weight excluding hydrogens is 476 g/mol. The fraction of sp³-hybridized carbons (Fsp3) is 0.632. The van der Waals surface area contributed by atoms with Crippen LogP contribution in [0.5, 0.6) is 0 Å². The zero-order valence-electron chi connectivity index (χ0n) is 20.0. The molecule has 0 saturated carbocycles. The first-order chi connectivity index (χ1) is 14.8. The second kappa shape index (κ2) is 16.5. The molecule has 0 aliphatic rings. The lowest BCUT2D eigenvalue weighted by Crippen LogP contribution is -2.41. The van der Waals surface area contributed by atoms with Crippen LogP contribution in [0, 0.1) is 13.8 Å². The number of rotatable bonds is 9. The SMILES string of the molecule is Cc1cccc(C)c1NC(=O)CCNCCN(C(C)C)C(C)C.O=P(O)(O)O.O=P(O)(O)O. The topological polar surface area (TPSA) is 200 Å². The van der Waals surface area contributed by atoms with Gasteiger partial charge in [-0.25, -0.2) is 9.13 Å². The van der Waals surface area contributed by atoms with Gasteiger partial charge in [-0.3, -0.25) is 9.69 Å². The fourth-order valence-electron chi connectivity index (χ4n) is 2.86. The lowest BCUT2D eigenvalue weighted by molar-refractivity contribution is -0.116. The van der Waals surface area contributed by atoms with Gasteiger partial charge in [0.15, 0.2) is 0 Å². The van der Waals surface area contributed by atoms with Crippen molar-refractivity contribution in [3.05, 3.63) is 29.3 Å². The molecule has 1 aromatic rings. The third kappa shape index (κ3) is 23.8. The van der Waals surface area contributed by atoms with Crippen molar-refractivity contribution < 1.29 is 43.3 Å². The molecule has 0 saturated heterocycles. The van der Waals surface area contributed by atoms with Gasteiger partial charge in [-0.1, -0.05) is 18.2 Å². The van der Waals surface area contributed by atoms with Gasteiger partial charge in [0.05, 0.1) is 0 Å². The Hall–Kier alpha value is -1.17. The van der Waals surface area contributed by atoms with E-state index in [0.29, 0.717) is 25.0 Å². The maximum atomic E-state index is 12.1. The van der Waals surface area contributed by atoms with E-state index in [4.69, 9.17) is 38.5 Å². The predicted octanol–water partition coefficient (Wildman–Crippen LogP) is 1.48. The number of nitrogens with zero attached hydrogens (tertiary/aromatic N) is 1. The molecule has 194 valence electrons. The lowest BCUT2D eigenvalue weighted by Gasteiger charge is -2.30. The molecular formula is C19H39N3O9P2. The number of nitrogens with one attached hydrogen (secondary N) is 2. The smallest absolute Gasteiger partial charge is 0.326 e. The van der Waals surface area contributed by atoms with Crippen LogP contribution in [0.25, 0.3) is 0 Å². The summed E-state index contributed by atoms with van der Waals surface area (Å²) in [4.78, 5) is 57.6. The Labute approximate surface area is 195 Å². The summed E-state index contributed by atoms with van der Waals surface area (Å²) in [5, 5.41) is 6.39. The molecule has 0 unspecified atom stereocenters. The third-order valence-electron chi connectivity index (χ3n) is 4.15. The number of anilines is 1. The van der Waals surface area contributed by atoms with Crippen LogP contribution in [0.15, 0.2) is 18.2 Å². The minimum atomic E-state index is -4.64. The molecule has 0 aliphatic carbocycles. The number of hydrogen-bond donors (Lipinski definition) is 8. The van der Waals surface area contributed by atoms with Gasteiger partial charge in [0.2, 0.25) is 5.91 Å². The van der Waals surface area contributed by atoms with Crippen molar-refractivity contribution in [1.82, 2.24) is 10.2 Å². The fourth-order valence-corrected chi connectivity index (χ4v) is 2.86. The maximum Gasteiger partial charge on any atom is 0.466 e. The van der Waals surface area contributed by atoms with Gasteiger partial charge in [-0.15, -0.1) is 0 Å². The summed E-state index contributed by atoms with van der Waals surface area (Å²) >= 11 is 0. The van der Waals surface area contributed by atoms with Crippen molar-refractivity contribution in [3.8, 4) is 0 Å². The monoisotopic (exact) mass is 515 g/mol. The number of amides is 1. The summed E-state index contributed by atoms with van der Waals surface area (Å²) in [5.41, 5.74) is 3.16. The molecule has 12 nitrogen and oxygen atoms in total. The maximum absolute atomic E-state index is 12.1. The average molecular weight is 515 g/mol. The predicted molar refractivity (Wildman–Crippen MR) is 128 cm³/mol. The number of carbonyl (C=O) groups excluding carboxylic acids is 1. The molecule has 14 heteroatoms. The summed E-state index contributed by atoms with van der Waals surface area (Å²) in [7, 11) is -9.28. The molecule has 0 fully saturated rings. The number of para-hydroxylation sites is 1. The summed E-state index contributed by atoms with van der Waals surface area (Å²) < 4.78 is 17.8. The van der Waals surface area contributed by atoms with Crippen LogP contribution in [-0.2, 0) is 13.9 Å². The van der Waals surface area contributed by atoms with Crippen LogP contribution in [0.3, 0.4) is 0 Å². The summed E-state index contributed by atoms with van der Waals surface area (Å²) in [5.74, 6) is 0.0690. The van der Waals surface area contributed by atoms with Crippen LogP contribution in [0.1, 0.15) is 45.2 Å². The zero-order valence-corrected chi connectivity index (χ0v) is 21.8. The van der Waals surface area contributed by atoms with Gasteiger partial charge in [0, 0.05) is 43.8 Å². The highest BCUT2D eigenvalue weighted by Crippen LogP contribution is 2.26. The van der Waals surface area contributed by atoms with Crippen LogP contribution in [0.2, 0.25) is 0 Å². The standard InChI is InChI=1S/C19H33N3O.2H3O4P/c1-14(2)22(15(3)4)13-12-20-11-10-18(23)21-19-16(5)8-7-9-17(19)6;2*1-5(2,3)4/h7-9,14-15,20H,10-13H2,1-6H3,(H,21,23);2*(H3,1,2,3,4). The number of hydrogen-bond acceptors (Lipinski definition) is 5. The zero-order chi connectivity index (χ0) is 26.4. The van der Waals surface area contributed by atoms with E-state index in [9.17, 15) is 4.79 Å². The molecule has 0 aromatic heterocycles. The second-order valence-corrected chi connectivity index (χ2v) is 9.82. The molecule has 1 amide bonds.